The summed E-state index contributed by atoms with van der Waals surface area (Å²) in [4.78, 5) is 8.87. The lowest BCUT2D eigenvalue weighted by molar-refractivity contribution is 0.551. The molecule has 0 aliphatic rings. The normalized spacial score (nSPS) is 10.5. The smallest absolute Gasteiger partial charge is 0.197 e. The first-order valence-corrected chi connectivity index (χ1v) is 6.39. The third-order valence-electron chi connectivity index (χ3n) is 2.29. The third-order valence-corrected chi connectivity index (χ3v) is 2.72. The minimum Gasteiger partial charge on any atom is -0.446 e. The number of nitrogens with zero attached hydrogens (tertiary/aromatic N) is 2. The van der Waals surface area contributed by atoms with Crippen LogP contribution in [0.15, 0.2) is 27.3 Å². The Bertz CT molecular complexity index is 510. The Labute approximate surface area is 109 Å². The number of aromatic nitrogens is 2. The Balaban J connectivity index is 2.42. The van der Waals surface area contributed by atoms with Gasteiger partial charge in [-0.25, -0.2) is 9.97 Å². The second kappa shape index (κ2) is 5.31. The summed E-state index contributed by atoms with van der Waals surface area (Å²) in [5.41, 5.74) is 0.999. The molecule has 0 saturated carbocycles. The summed E-state index contributed by atoms with van der Waals surface area (Å²) in [5, 5.41) is 3.19. The van der Waals surface area contributed by atoms with E-state index in [4.69, 9.17) is 4.42 Å². The van der Waals surface area contributed by atoms with Gasteiger partial charge in [0.15, 0.2) is 16.3 Å². The van der Waals surface area contributed by atoms with Gasteiger partial charge in [0.05, 0.1) is 0 Å². The average Bonchev–Trinajstić information content (AvgIpc) is 2.76. The van der Waals surface area contributed by atoms with Crippen molar-refractivity contribution in [3.63, 3.8) is 0 Å². The third kappa shape index (κ3) is 2.85. The quantitative estimate of drug-likeness (QED) is 0.938. The van der Waals surface area contributed by atoms with E-state index in [0.717, 1.165) is 24.5 Å². The van der Waals surface area contributed by atoms with E-state index in [9.17, 15) is 0 Å². The van der Waals surface area contributed by atoms with E-state index in [-0.39, 0.29) is 0 Å². The Hall–Kier alpha value is -1.36. The molecule has 4 nitrogen and oxygen atoms in total. The average molecular weight is 296 g/mol. The lowest BCUT2D eigenvalue weighted by Crippen LogP contribution is -2.03. The molecule has 2 aromatic rings. The Morgan fingerprint density at radius 1 is 1.29 bits per heavy atom. The van der Waals surface area contributed by atoms with Crippen LogP contribution in [0.3, 0.4) is 0 Å². The van der Waals surface area contributed by atoms with Gasteiger partial charge in [0.1, 0.15) is 5.82 Å². The second-order valence-electron chi connectivity index (χ2n) is 3.56. The molecule has 0 fully saturated rings. The van der Waals surface area contributed by atoms with E-state index >= 15 is 0 Å². The molecule has 0 radical (unpaired) electrons. The first kappa shape index (κ1) is 12.1. The second-order valence-corrected chi connectivity index (χ2v) is 4.34. The van der Waals surface area contributed by atoms with E-state index in [1.807, 2.05) is 25.1 Å². The lowest BCUT2D eigenvalue weighted by Gasteiger charge is -2.06. The van der Waals surface area contributed by atoms with Gasteiger partial charge in [0.25, 0.3) is 0 Å². The molecule has 0 aromatic carbocycles. The molecule has 0 aliphatic carbocycles. The van der Waals surface area contributed by atoms with Crippen molar-refractivity contribution in [1.29, 1.82) is 0 Å². The molecule has 0 aliphatic heterocycles. The van der Waals surface area contributed by atoms with Gasteiger partial charge in [-0.2, -0.15) is 0 Å². The monoisotopic (exact) mass is 295 g/mol. The highest BCUT2D eigenvalue weighted by molar-refractivity contribution is 9.10. The van der Waals surface area contributed by atoms with Crippen molar-refractivity contribution >= 4 is 21.7 Å². The summed E-state index contributed by atoms with van der Waals surface area (Å²) in [5.74, 6) is 2.12. The Morgan fingerprint density at radius 2 is 2.12 bits per heavy atom. The van der Waals surface area contributed by atoms with Crippen LogP contribution >= 0.6 is 15.9 Å². The van der Waals surface area contributed by atoms with Crippen LogP contribution in [-0.2, 0) is 6.42 Å². The fourth-order valence-corrected chi connectivity index (χ4v) is 1.80. The molecule has 2 aromatic heterocycles. The van der Waals surface area contributed by atoms with Crippen LogP contribution < -0.4 is 5.32 Å². The predicted molar refractivity (Wildman–Crippen MR) is 71.0 cm³/mol. The van der Waals surface area contributed by atoms with Crippen molar-refractivity contribution in [3.8, 4) is 11.6 Å². The van der Waals surface area contributed by atoms with Crippen molar-refractivity contribution in [2.24, 2.45) is 0 Å². The SMILES string of the molecule is CCNc1cc(CC)nc(-c2ccc(Br)o2)n1. The standard InChI is InChI=1S/C12H14BrN3O/c1-3-8-7-11(14-4-2)16-12(15-8)9-5-6-10(13)17-9/h5-7H,3-4H2,1-2H3,(H,14,15,16). The fraction of sp³-hybridized carbons (Fsp3) is 0.333. The molecule has 5 heteroatoms. The molecule has 2 rings (SSSR count). The number of furan rings is 1. The van der Waals surface area contributed by atoms with Crippen LogP contribution in [0.1, 0.15) is 19.5 Å². The van der Waals surface area contributed by atoms with Crippen LogP contribution in [-0.4, -0.2) is 16.5 Å². The van der Waals surface area contributed by atoms with Gasteiger partial charge in [-0.1, -0.05) is 6.92 Å². The molecule has 90 valence electrons. The molecule has 0 saturated heterocycles. The van der Waals surface area contributed by atoms with E-state index < -0.39 is 0 Å². The number of hydrogen-bond donors (Lipinski definition) is 1. The zero-order valence-electron chi connectivity index (χ0n) is 9.83. The highest BCUT2D eigenvalue weighted by Crippen LogP contribution is 2.23. The number of aryl methyl sites for hydroxylation is 1. The van der Waals surface area contributed by atoms with Crippen LogP contribution in [0.25, 0.3) is 11.6 Å². The van der Waals surface area contributed by atoms with E-state index in [0.29, 0.717) is 16.3 Å². The molecule has 0 amide bonds. The molecule has 0 bridgehead atoms. The number of nitrogens with one attached hydrogen (secondary N) is 1. The zero-order valence-corrected chi connectivity index (χ0v) is 11.4. The van der Waals surface area contributed by atoms with Crippen molar-refractivity contribution in [1.82, 2.24) is 9.97 Å². The van der Waals surface area contributed by atoms with Crippen molar-refractivity contribution in [2.45, 2.75) is 20.3 Å². The van der Waals surface area contributed by atoms with Gasteiger partial charge in [-0.3, -0.25) is 0 Å². The number of hydrogen-bond acceptors (Lipinski definition) is 4. The summed E-state index contributed by atoms with van der Waals surface area (Å²) >= 11 is 3.28. The molecule has 2 heterocycles. The number of anilines is 1. The van der Waals surface area contributed by atoms with Gasteiger partial charge in [-0.15, -0.1) is 0 Å². The summed E-state index contributed by atoms with van der Waals surface area (Å²) in [7, 11) is 0. The maximum Gasteiger partial charge on any atom is 0.197 e. The summed E-state index contributed by atoms with van der Waals surface area (Å²) in [6.45, 7) is 4.94. The van der Waals surface area contributed by atoms with Gasteiger partial charge in [0.2, 0.25) is 0 Å². The van der Waals surface area contributed by atoms with Gasteiger partial charge in [-0.05, 0) is 41.4 Å². The van der Waals surface area contributed by atoms with Crippen molar-refractivity contribution in [3.05, 3.63) is 28.6 Å². The van der Waals surface area contributed by atoms with Gasteiger partial charge >= 0.3 is 0 Å². The molecular weight excluding hydrogens is 282 g/mol. The molecule has 17 heavy (non-hydrogen) atoms. The zero-order chi connectivity index (χ0) is 12.3. The Kier molecular flexibility index (Phi) is 3.78. The van der Waals surface area contributed by atoms with Crippen LogP contribution in [0, 0.1) is 0 Å². The highest BCUT2D eigenvalue weighted by Gasteiger charge is 2.09. The minimum atomic E-state index is 0.617. The van der Waals surface area contributed by atoms with Crippen molar-refractivity contribution < 1.29 is 4.42 Å². The maximum absolute atomic E-state index is 5.47. The van der Waals surface area contributed by atoms with Crippen LogP contribution in [0.2, 0.25) is 0 Å². The minimum absolute atomic E-state index is 0.617. The molecule has 0 unspecified atom stereocenters. The van der Waals surface area contributed by atoms with E-state index in [2.05, 4.69) is 38.1 Å². The molecule has 0 atom stereocenters. The van der Waals surface area contributed by atoms with Crippen LogP contribution in [0.5, 0.6) is 0 Å². The van der Waals surface area contributed by atoms with E-state index in [1.165, 1.54) is 0 Å². The first-order chi connectivity index (χ1) is 8.22. The summed E-state index contributed by atoms with van der Waals surface area (Å²) < 4.78 is 6.15. The van der Waals surface area contributed by atoms with Crippen LogP contribution in [0.4, 0.5) is 5.82 Å². The molecular formula is C12H14BrN3O. The topological polar surface area (TPSA) is 51.0 Å². The summed E-state index contributed by atoms with van der Waals surface area (Å²) in [6.07, 6.45) is 0.871. The maximum atomic E-state index is 5.47. The van der Waals surface area contributed by atoms with Gasteiger partial charge < -0.3 is 9.73 Å². The molecule has 0 spiro atoms. The van der Waals surface area contributed by atoms with Gasteiger partial charge in [0, 0.05) is 18.3 Å². The fourth-order valence-electron chi connectivity index (χ4n) is 1.49. The molecule has 1 N–H and O–H groups in total. The predicted octanol–water partition coefficient (Wildman–Crippen LogP) is 3.49. The highest BCUT2D eigenvalue weighted by atomic mass is 79.9. The summed E-state index contributed by atoms with van der Waals surface area (Å²) in [6, 6.07) is 5.66. The number of rotatable bonds is 4. The Morgan fingerprint density at radius 3 is 2.71 bits per heavy atom. The lowest BCUT2D eigenvalue weighted by atomic mass is 10.3. The van der Waals surface area contributed by atoms with E-state index in [1.54, 1.807) is 0 Å². The number of halogens is 1. The largest absolute Gasteiger partial charge is 0.446 e. The first-order valence-electron chi connectivity index (χ1n) is 5.60. The van der Waals surface area contributed by atoms with Crippen molar-refractivity contribution in [2.75, 3.05) is 11.9 Å².